The Morgan fingerprint density at radius 2 is 2.14 bits per heavy atom. The van der Waals surface area contributed by atoms with Gasteiger partial charge in [0.1, 0.15) is 16.0 Å². The second-order valence-electron chi connectivity index (χ2n) is 4.97. The number of hydrogen-bond acceptors (Lipinski definition) is 5. The highest BCUT2D eigenvalue weighted by molar-refractivity contribution is 7.89. The molecule has 0 amide bonds. The molecule has 10 heteroatoms. The molecule has 0 saturated carbocycles. The van der Waals surface area contributed by atoms with Crippen LogP contribution in [0.4, 0.5) is 5.69 Å². The first-order valence-corrected chi connectivity index (χ1v) is 8.17. The number of benzene rings is 1. The predicted molar refractivity (Wildman–Crippen MR) is 77.4 cm³/mol. The van der Waals surface area contributed by atoms with E-state index in [1.165, 1.54) is 19.1 Å². The van der Waals surface area contributed by atoms with Crippen molar-refractivity contribution < 1.29 is 23.2 Å². The lowest BCUT2D eigenvalue weighted by Gasteiger charge is -2.21. The lowest BCUT2D eigenvalue weighted by Crippen LogP contribution is -2.40. The van der Waals surface area contributed by atoms with Crippen molar-refractivity contribution in [1.82, 2.24) is 4.31 Å². The molecule has 1 heterocycles. The Morgan fingerprint density at radius 1 is 1.50 bits per heavy atom. The maximum absolute atomic E-state index is 12.7. The SMILES string of the molecule is Cc1cc([N+](=O)[O-])c(Cl)c(S(=O)(=O)N2CCCC2C(=O)O)c1. The van der Waals surface area contributed by atoms with E-state index in [1.54, 1.807) is 0 Å². The van der Waals surface area contributed by atoms with E-state index in [9.17, 15) is 23.3 Å². The molecule has 22 heavy (non-hydrogen) atoms. The zero-order valence-electron chi connectivity index (χ0n) is 11.5. The standard InChI is InChI=1S/C12H13ClN2O6S/c1-7-5-9(15(18)19)11(13)10(6-7)22(20,21)14-4-2-3-8(14)12(16)17/h5-6,8H,2-4H2,1H3,(H,16,17). The third kappa shape index (κ3) is 2.79. The summed E-state index contributed by atoms with van der Waals surface area (Å²) in [5, 5.41) is 19.6. The van der Waals surface area contributed by atoms with Crippen LogP contribution in [0.2, 0.25) is 5.02 Å². The molecule has 1 unspecified atom stereocenters. The van der Waals surface area contributed by atoms with Crippen LogP contribution in [0, 0.1) is 17.0 Å². The molecule has 1 aromatic rings. The number of carboxylic acids is 1. The van der Waals surface area contributed by atoms with Gasteiger partial charge in [-0.3, -0.25) is 14.9 Å². The maximum Gasteiger partial charge on any atom is 0.322 e. The van der Waals surface area contributed by atoms with Crippen molar-refractivity contribution in [3.63, 3.8) is 0 Å². The zero-order valence-corrected chi connectivity index (χ0v) is 13.1. The lowest BCUT2D eigenvalue weighted by atomic mass is 10.2. The molecule has 1 aromatic carbocycles. The van der Waals surface area contributed by atoms with Crippen LogP contribution in [0.1, 0.15) is 18.4 Å². The molecule has 1 saturated heterocycles. The molecule has 1 aliphatic rings. The first kappa shape index (κ1) is 16.7. The van der Waals surface area contributed by atoms with Crippen LogP contribution in [-0.4, -0.2) is 41.3 Å². The van der Waals surface area contributed by atoms with Gasteiger partial charge in [-0.2, -0.15) is 4.31 Å². The molecule has 0 aliphatic carbocycles. The second kappa shape index (κ2) is 5.82. The Hall–Kier alpha value is -1.71. The van der Waals surface area contributed by atoms with Gasteiger partial charge in [-0.15, -0.1) is 0 Å². The molecule has 120 valence electrons. The third-order valence-electron chi connectivity index (χ3n) is 3.44. The van der Waals surface area contributed by atoms with Crippen LogP contribution in [0.15, 0.2) is 17.0 Å². The van der Waals surface area contributed by atoms with Gasteiger partial charge in [-0.25, -0.2) is 8.42 Å². The van der Waals surface area contributed by atoms with Gasteiger partial charge in [-0.1, -0.05) is 11.6 Å². The highest BCUT2D eigenvalue weighted by atomic mass is 35.5. The summed E-state index contributed by atoms with van der Waals surface area (Å²) in [7, 11) is -4.23. The van der Waals surface area contributed by atoms with Gasteiger partial charge >= 0.3 is 5.97 Å². The monoisotopic (exact) mass is 348 g/mol. The number of rotatable bonds is 4. The summed E-state index contributed by atoms with van der Waals surface area (Å²) < 4.78 is 26.1. The highest BCUT2D eigenvalue weighted by Crippen LogP contribution is 2.36. The van der Waals surface area contributed by atoms with Gasteiger partial charge in [-0.05, 0) is 31.4 Å². The van der Waals surface area contributed by atoms with E-state index in [1.807, 2.05) is 0 Å². The van der Waals surface area contributed by atoms with E-state index in [-0.39, 0.29) is 13.0 Å². The number of sulfonamides is 1. The van der Waals surface area contributed by atoms with Gasteiger partial charge < -0.3 is 5.11 Å². The van der Waals surface area contributed by atoms with E-state index in [2.05, 4.69) is 0 Å². The van der Waals surface area contributed by atoms with Gasteiger partial charge in [0.25, 0.3) is 5.69 Å². The molecule has 0 radical (unpaired) electrons. The topological polar surface area (TPSA) is 118 Å². The van der Waals surface area contributed by atoms with E-state index < -0.39 is 42.6 Å². The Kier molecular flexibility index (Phi) is 4.41. The fourth-order valence-electron chi connectivity index (χ4n) is 2.44. The normalized spacial score (nSPS) is 19.3. The molecule has 2 rings (SSSR count). The Balaban J connectivity index is 2.59. The summed E-state index contributed by atoms with van der Waals surface area (Å²) in [6.07, 6.45) is 0.599. The van der Waals surface area contributed by atoms with E-state index in [4.69, 9.17) is 16.7 Å². The number of aryl methyl sites for hydroxylation is 1. The quantitative estimate of drug-likeness (QED) is 0.654. The number of aliphatic carboxylic acids is 1. The van der Waals surface area contributed by atoms with E-state index in [0.717, 1.165) is 4.31 Å². The largest absolute Gasteiger partial charge is 0.480 e. The fraction of sp³-hybridized carbons (Fsp3) is 0.417. The van der Waals surface area contributed by atoms with Crippen LogP contribution in [0.3, 0.4) is 0 Å². The van der Waals surface area contributed by atoms with Crippen LogP contribution < -0.4 is 0 Å². The highest BCUT2D eigenvalue weighted by Gasteiger charge is 2.41. The van der Waals surface area contributed by atoms with Crippen molar-refractivity contribution in [1.29, 1.82) is 0 Å². The molecular formula is C12H13ClN2O6S. The number of carbonyl (C=O) groups is 1. The molecule has 1 N–H and O–H groups in total. The Labute approximate surface area is 131 Å². The Bertz CT molecular complexity index is 748. The van der Waals surface area contributed by atoms with Gasteiger partial charge in [0, 0.05) is 12.6 Å². The van der Waals surface area contributed by atoms with Crippen LogP contribution >= 0.6 is 11.6 Å². The molecular weight excluding hydrogens is 336 g/mol. The summed E-state index contributed by atoms with van der Waals surface area (Å²) in [6.45, 7) is 1.54. The average Bonchev–Trinajstić information content (AvgIpc) is 2.90. The molecule has 0 spiro atoms. The van der Waals surface area contributed by atoms with Crippen molar-refractivity contribution in [2.45, 2.75) is 30.7 Å². The second-order valence-corrected chi connectivity index (χ2v) is 7.20. The summed E-state index contributed by atoms with van der Waals surface area (Å²) in [5.74, 6) is -1.25. The molecule has 1 atom stereocenters. The van der Waals surface area contributed by atoms with E-state index in [0.29, 0.717) is 12.0 Å². The predicted octanol–water partition coefficient (Wildman–Crippen LogP) is 1.79. The molecule has 1 aliphatic heterocycles. The summed E-state index contributed by atoms with van der Waals surface area (Å²) in [4.78, 5) is 20.9. The number of carboxylic acid groups (broad SMARTS) is 1. The Morgan fingerprint density at radius 3 is 2.68 bits per heavy atom. The van der Waals surface area contributed by atoms with Crippen molar-refractivity contribution in [3.8, 4) is 0 Å². The van der Waals surface area contributed by atoms with Gasteiger partial charge in [0.2, 0.25) is 10.0 Å². The summed E-state index contributed by atoms with van der Waals surface area (Å²) in [5.41, 5.74) is -0.174. The molecule has 8 nitrogen and oxygen atoms in total. The van der Waals surface area contributed by atoms with Crippen LogP contribution in [-0.2, 0) is 14.8 Å². The number of nitro benzene ring substituents is 1. The minimum absolute atomic E-state index is 0.0391. The maximum atomic E-state index is 12.7. The van der Waals surface area contributed by atoms with Crippen LogP contribution in [0.25, 0.3) is 0 Å². The first-order chi connectivity index (χ1) is 10.2. The van der Waals surface area contributed by atoms with Crippen molar-refractivity contribution in [3.05, 3.63) is 32.8 Å². The number of hydrogen-bond donors (Lipinski definition) is 1. The molecule has 0 aromatic heterocycles. The average molecular weight is 349 g/mol. The number of nitro groups is 1. The van der Waals surface area contributed by atoms with Gasteiger partial charge in [0.15, 0.2) is 0 Å². The van der Waals surface area contributed by atoms with Crippen LogP contribution in [0.5, 0.6) is 0 Å². The minimum atomic E-state index is -4.23. The number of halogens is 1. The molecule has 0 bridgehead atoms. The fourth-order valence-corrected chi connectivity index (χ4v) is 4.73. The molecule has 1 fully saturated rings. The minimum Gasteiger partial charge on any atom is -0.480 e. The number of nitrogens with zero attached hydrogens (tertiary/aromatic N) is 2. The van der Waals surface area contributed by atoms with Crippen molar-refractivity contribution >= 4 is 33.3 Å². The zero-order chi connectivity index (χ0) is 16.7. The summed E-state index contributed by atoms with van der Waals surface area (Å²) >= 11 is 5.87. The smallest absolute Gasteiger partial charge is 0.322 e. The van der Waals surface area contributed by atoms with Gasteiger partial charge in [0.05, 0.1) is 4.92 Å². The third-order valence-corrected chi connectivity index (χ3v) is 5.88. The van der Waals surface area contributed by atoms with E-state index >= 15 is 0 Å². The summed E-state index contributed by atoms with van der Waals surface area (Å²) in [6, 6.07) is 1.20. The lowest BCUT2D eigenvalue weighted by molar-refractivity contribution is -0.385. The first-order valence-electron chi connectivity index (χ1n) is 6.35. The van der Waals surface area contributed by atoms with Crippen molar-refractivity contribution in [2.75, 3.05) is 6.54 Å². The van der Waals surface area contributed by atoms with Crippen molar-refractivity contribution in [2.24, 2.45) is 0 Å².